The number of nitrogens with zero attached hydrogens (tertiary/aromatic N) is 1. The molecular weight excluding hydrogens is 386 g/mol. The second-order valence-electron chi connectivity index (χ2n) is 7.65. The number of carboxylic acids is 2. The number of hydrogen-bond donors (Lipinski definition) is 2. The highest BCUT2D eigenvalue weighted by Gasteiger charge is 2.47. The predicted octanol–water partition coefficient (Wildman–Crippen LogP) is 4.18. The van der Waals surface area contributed by atoms with Gasteiger partial charge in [0.05, 0.1) is 11.3 Å². The highest BCUT2D eigenvalue weighted by molar-refractivity contribution is 8.01. The molecule has 1 atom stereocenters. The van der Waals surface area contributed by atoms with E-state index in [1.165, 1.54) is 22.3 Å². The molecule has 2 heterocycles. The van der Waals surface area contributed by atoms with Crippen molar-refractivity contribution in [1.82, 2.24) is 4.90 Å². The average molecular weight is 410 g/mol. The largest absolute Gasteiger partial charge is 0.478 e. The van der Waals surface area contributed by atoms with Gasteiger partial charge in [0.15, 0.2) is 0 Å². The summed E-state index contributed by atoms with van der Waals surface area (Å²) in [7, 11) is 0. The zero-order chi connectivity index (χ0) is 20.6. The van der Waals surface area contributed by atoms with Gasteiger partial charge in [-0.15, -0.1) is 11.8 Å². The van der Waals surface area contributed by atoms with Gasteiger partial charge >= 0.3 is 11.9 Å². The van der Waals surface area contributed by atoms with Crippen LogP contribution in [0.5, 0.6) is 0 Å². The van der Waals surface area contributed by atoms with Crippen molar-refractivity contribution in [2.75, 3.05) is 13.1 Å². The number of rotatable bonds is 4. The van der Waals surface area contributed by atoms with Crippen LogP contribution in [-0.2, 0) is 14.3 Å². The molecule has 2 aromatic carbocycles. The Labute approximate surface area is 174 Å². The van der Waals surface area contributed by atoms with E-state index in [9.17, 15) is 14.7 Å². The SMILES string of the molecule is Cc1cccc(C2SC3(CCN(C(=CC(=O)O)C(=O)O)CC3)c3ccccc32)c1. The summed E-state index contributed by atoms with van der Waals surface area (Å²) in [5, 5.41) is 18.7. The summed E-state index contributed by atoms with van der Waals surface area (Å²) in [4.78, 5) is 24.2. The minimum absolute atomic E-state index is 0.0751. The van der Waals surface area contributed by atoms with Gasteiger partial charge in [0.25, 0.3) is 0 Å². The average Bonchev–Trinajstić information content (AvgIpc) is 3.01. The maximum Gasteiger partial charge on any atom is 0.352 e. The molecule has 1 fully saturated rings. The fourth-order valence-corrected chi connectivity index (χ4v) is 6.27. The third kappa shape index (κ3) is 3.65. The molecule has 2 aliphatic heterocycles. The Kier molecular flexibility index (Phi) is 5.13. The topological polar surface area (TPSA) is 77.8 Å². The first kappa shape index (κ1) is 19.6. The molecule has 0 bridgehead atoms. The molecule has 5 nitrogen and oxygen atoms in total. The fraction of sp³-hybridized carbons (Fsp3) is 0.304. The summed E-state index contributed by atoms with van der Waals surface area (Å²) in [6.07, 6.45) is 2.36. The molecule has 4 rings (SSSR count). The van der Waals surface area contributed by atoms with Crippen LogP contribution in [0.25, 0.3) is 0 Å². The van der Waals surface area contributed by atoms with Gasteiger partial charge in [0.2, 0.25) is 0 Å². The van der Waals surface area contributed by atoms with E-state index in [4.69, 9.17) is 5.11 Å². The standard InChI is InChI=1S/C23H23NO4S/c1-15-5-4-6-16(13-15)21-17-7-2-3-8-18(17)23(29-21)9-11-24(12-10-23)19(22(27)28)14-20(25)26/h2-8,13-14,21H,9-12H2,1H3,(H,25,26)(H,27,28). The minimum Gasteiger partial charge on any atom is -0.478 e. The van der Waals surface area contributed by atoms with E-state index in [0.717, 1.165) is 18.9 Å². The smallest absolute Gasteiger partial charge is 0.352 e. The first-order valence-electron chi connectivity index (χ1n) is 9.66. The van der Waals surface area contributed by atoms with E-state index in [-0.39, 0.29) is 15.7 Å². The molecule has 150 valence electrons. The predicted molar refractivity (Wildman–Crippen MR) is 113 cm³/mol. The van der Waals surface area contributed by atoms with E-state index < -0.39 is 11.9 Å². The molecule has 1 spiro atoms. The van der Waals surface area contributed by atoms with Gasteiger partial charge < -0.3 is 15.1 Å². The third-order valence-electron chi connectivity index (χ3n) is 5.81. The molecular formula is C23H23NO4S. The molecule has 1 saturated heterocycles. The molecule has 0 aromatic heterocycles. The lowest BCUT2D eigenvalue weighted by Gasteiger charge is -2.40. The van der Waals surface area contributed by atoms with Gasteiger partial charge in [-0.2, -0.15) is 0 Å². The molecule has 0 amide bonds. The van der Waals surface area contributed by atoms with E-state index >= 15 is 0 Å². The Morgan fingerprint density at radius 3 is 2.48 bits per heavy atom. The maximum atomic E-state index is 11.5. The molecule has 2 aliphatic rings. The molecule has 2 N–H and O–H groups in total. The zero-order valence-electron chi connectivity index (χ0n) is 16.2. The van der Waals surface area contributed by atoms with Gasteiger partial charge in [-0.1, -0.05) is 54.1 Å². The number of thioether (sulfide) groups is 1. The first-order chi connectivity index (χ1) is 13.9. The van der Waals surface area contributed by atoms with Gasteiger partial charge in [-0.05, 0) is 36.5 Å². The van der Waals surface area contributed by atoms with Crippen molar-refractivity contribution in [2.24, 2.45) is 0 Å². The number of aryl methyl sites for hydroxylation is 1. The number of hydrogen-bond acceptors (Lipinski definition) is 4. The molecule has 2 aromatic rings. The number of likely N-dealkylation sites (tertiary alicyclic amines) is 1. The van der Waals surface area contributed by atoms with E-state index in [0.29, 0.717) is 13.1 Å². The Balaban J connectivity index is 1.63. The van der Waals surface area contributed by atoms with Crippen molar-refractivity contribution >= 4 is 23.7 Å². The van der Waals surface area contributed by atoms with Crippen molar-refractivity contribution in [3.05, 3.63) is 82.6 Å². The molecule has 29 heavy (non-hydrogen) atoms. The highest BCUT2D eigenvalue weighted by Crippen LogP contribution is 2.61. The third-order valence-corrected chi connectivity index (χ3v) is 7.65. The summed E-state index contributed by atoms with van der Waals surface area (Å²) in [6.45, 7) is 3.14. The Hall–Kier alpha value is -2.73. The van der Waals surface area contributed by atoms with Crippen LogP contribution in [0.4, 0.5) is 0 Å². The number of aliphatic carboxylic acids is 2. The lowest BCUT2D eigenvalue weighted by Crippen LogP contribution is -2.41. The number of benzene rings is 2. The van der Waals surface area contributed by atoms with Crippen LogP contribution >= 0.6 is 11.8 Å². The van der Waals surface area contributed by atoms with Crippen molar-refractivity contribution in [3.8, 4) is 0 Å². The summed E-state index contributed by atoms with van der Waals surface area (Å²) >= 11 is 1.95. The van der Waals surface area contributed by atoms with Crippen LogP contribution in [0.1, 0.15) is 40.3 Å². The highest BCUT2D eigenvalue weighted by atomic mass is 32.2. The van der Waals surface area contributed by atoms with Crippen molar-refractivity contribution in [1.29, 1.82) is 0 Å². The molecule has 0 saturated carbocycles. The van der Waals surface area contributed by atoms with Crippen LogP contribution in [0.2, 0.25) is 0 Å². The van der Waals surface area contributed by atoms with Crippen LogP contribution < -0.4 is 0 Å². The number of piperidine rings is 1. The molecule has 1 unspecified atom stereocenters. The Morgan fingerprint density at radius 1 is 1.10 bits per heavy atom. The summed E-state index contributed by atoms with van der Waals surface area (Å²) in [5.41, 5.74) is 5.05. The van der Waals surface area contributed by atoms with E-state index in [2.05, 4.69) is 55.5 Å². The molecule has 0 aliphatic carbocycles. The summed E-state index contributed by atoms with van der Waals surface area (Å²) in [6, 6.07) is 17.1. The Morgan fingerprint density at radius 2 is 1.83 bits per heavy atom. The van der Waals surface area contributed by atoms with Crippen LogP contribution in [-0.4, -0.2) is 40.1 Å². The number of carboxylic acid groups (broad SMARTS) is 2. The number of carbonyl (C=O) groups is 2. The Bertz CT molecular complexity index is 992. The van der Waals surface area contributed by atoms with Crippen molar-refractivity contribution in [2.45, 2.75) is 29.8 Å². The quantitative estimate of drug-likeness (QED) is 0.738. The van der Waals surface area contributed by atoms with Crippen molar-refractivity contribution < 1.29 is 19.8 Å². The second kappa shape index (κ2) is 7.59. The van der Waals surface area contributed by atoms with Gasteiger partial charge in [-0.25, -0.2) is 9.59 Å². The minimum atomic E-state index is -1.23. The maximum absolute atomic E-state index is 11.5. The molecule has 6 heteroatoms. The fourth-order valence-electron chi connectivity index (χ4n) is 4.48. The zero-order valence-corrected chi connectivity index (χ0v) is 17.0. The van der Waals surface area contributed by atoms with Crippen LogP contribution in [0.15, 0.2) is 60.3 Å². The van der Waals surface area contributed by atoms with Gasteiger partial charge in [0.1, 0.15) is 5.70 Å². The van der Waals surface area contributed by atoms with Crippen LogP contribution in [0.3, 0.4) is 0 Å². The van der Waals surface area contributed by atoms with Crippen molar-refractivity contribution in [3.63, 3.8) is 0 Å². The lowest BCUT2D eigenvalue weighted by atomic mass is 9.84. The van der Waals surface area contributed by atoms with Crippen LogP contribution in [0, 0.1) is 6.92 Å². The molecule has 0 radical (unpaired) electrons. The second-order valence-corrected chi connectivity index (χ2v) is 9.14. The first-order valence-corrected chi connectivity index (χ1v) is 10.5. The van der Waals surface area contributed by atoms with E-state index in [1.54, 1.807) is 4.90 Å². The summed E-state index contributed by atoms with van der Waals surface area (Å²) in [5.74, 6) is -2.43. The van der Waals surface area contributed by atoms with Gasteiger partial charge in [0, 0.05) is 17.8 Å². The lowest BCUT2D eigenvalue weighted by molar-refractivity contribution is -0.136. The normalized spacial score (nSPS) is 20.5. The van der Waals surface area contributed by atoms with E-state index in [1.807, 2.05) is 11.8 Å². The number of fused-ring (bicyclic) bond motifs is 2. The summed E-state index contributed by atoms with van der Waals surface area (Å²) < 4.78 is -0.0751. The monoisotopic (exact) mass is 409 g/mol. The van der Waals surface area contributed by atoms with Gasteiger partial charge in [-0.3, -0.25) is 0 Å².